The van der Waals surface area contributed by atoms with E-state index < -0.39 is 6.17 Å². The molecule has 1 aromatic heterocycles. The summed E-state index contributed by atoms with van der Waals surface area (Å²) >= 11 is 0. The number of aryl methyl sites for hydroxylation is 1. The van der Waals surface area contributed by atoms with Crippen molar-refractivity contribution in [3.8, 4) is 28.4 Å². The molecule has 4 rings (SSSR count). The maximum atomic E-state index is 13.5. The molecular formula is C24H26FN3O2. The molecule has 0 aliphatic carbocycles. The molecule has 0 spiro atoms. The Kier molecular flexibility index (Phi) is 6.14. The van der Waals surface area contributed by atoms with Gasteiger partial charge in [0.1, 0.15) is 17.7 Å². The van der Waals surface area contributed by atoms with E-state index in [9.17, 15) is 4.39 Å². The molecule has 0 radical (unpaired) electrons. The fraction of sp³-hybridized carbons (Fsp3) is 0.292. The first-order valence-electron chi connectivity index (χ1n) is 10.1. The van der Waals surface area contributed by atoms with E-state index in [0.717, 1.165) is 28.1 Å². The van der Waals surface area contributed by atoms with Crippen LogP contribution in [0.2, 0.25) is 0 Å². The van der Waals surface area contributed by atoms with E-state index in [-0.39, 0.29) is 6.04 Å². The van der Waals surface area contributed by atoms with Gasteiger partial charge in [0.15, 0.2) is 5.75 Å². The molecule has 3 aromatic rings. The molecule has 1 aliphatic rings. The summed E-state index contributed by atoms with van der Waals surface area (Å²) in [7, 11) is 1.64. The topological polar surface area (TPSA) is 55.4 Å². The van der Waals surface area contributed by atoms with Gasteiger partial charge in [-0.05, 0) is 66.9 Å². The number of alkyl halides is 1. The lowest BCUT2D eigenvalue weighted by Gasteiger charge is -2.17. The normalized spacial score (nSPS) is 18.2. The molecule has 0 saturated carbocycles. The van der Waals surface area contributed by atoms with E-state index in [0.29, 0.717) is 31.0 Å². The van der Waals surface area contributed by atoms with Gasteiger partial charge in [0.25, 0.3) is 0 Å². The van der Waals surface area contributed by atoms with E-state index in [1.54, 1.807) is 7.11 Å². The van der Waals surface area contributed by atoms with Crippen LogP contribution in [0, 0.1) is 6.92 Å². The molecule has 2 aromatic carbocycles. The van der Waals surface area contributed by atoms with Crippen molar-refractivity contribution in [1.29, 1.82) is 0 Å². The second-order valence-corrected chi connectivity index (χ2v) is 7.56. The van der Waals surface area contributed by atoms with Crippen molar-refractivity contribution >= 4 is 5.69 Å². The molecule has 5 nitrogen and oxygen atoms in total. The first kappa shape index (κ1) is 20.2. The Bertz CT molecular complexity index is 994. The minimum Gasteiger partial charge on any atom is -0.497 e. The van der Waals surface area contributed by atoms with Crippen LogP contribution in [0.4, 0.5) is 10.1 Å². The van der Waals surface area contributed by atoms with Gasteiger partial charge in [0.05, 0.1) is 12.8 Å². The van der Waals surface area contributed by atoms with Crippen molar-refractivity contribution in [2.75, 3.05) is 25.5 Å². The zero-order chi connectivity index (χ0) is 20.9. The van der Waals surface area contributed by atoms with Crippen LogP contribution >= 0.6 is 0 Å². The van der Waals surface area contributed by atoms with E-state index in [4.69, 9.17) is 9.47 Å². The molecule has 2 atom stereocenters. The average molecular weight is 407 g/mol. The fourth-order valence-corrected chi connectivity index (χ4v) is 3.57. The van der Waals surface area contributed by atoms with Crippen molar-refractivity contribution in [3.63, 3.8) is 0 Å². The Balaban J connectivity index is 1.60. The summed E-state index contributed by atoms with van der Waals surface area (Å²) in [4.78, 5) is 4.30. The van der Waals surface area contributed by atoms with Crippen LogP contribution in [0.5, 0.6) is 17.2 Å². The van der Waals surface area contributed by atoms with Crippen molar-refractivity contribution in [2.24, 2.45) is 0 Å². The van der Waals surface area contributed by atoms with Crippen LogP contribution in [-0.2, 0) is 0 Å². The van der Waals surface area contributed by atoms with E-state index in [1.807, 2.05) is 61.8 Å². The monoisotopic (exact) mass is 407 g/mol. The minimum atomic E-state index is -0.775. The summed E-state index contributed by atoms with van der Waals surface area (Å²) in [5, 5.41) is 6.62. The van der Waals surface area contributed by atoms with Gasteiger partial charge in [-0.1, -0.05) is 6.07 Å². The predicted molar refractivity (Wildman–Crippen MR) is 117 cm³/mol. The summed E-state index contributed by atoms with van der Waals surface area (Å²) in [6, 6.07) is 15.7. The van der Waals surface area contributed by atoms with Gasteiger partial charge in [0.2, 0.25) is 0 Å². The quantitative estimate of drug-likeness (QED) is 0.579. The number of hydrogen-bond acceptors (Lipinski definition) is 5. The van der Waals surface area contributed by atoms with Crippen LogP contribution in [0.25, 0.3) is 11.1 Å². The molecule has 156 valence electrons. The fourth-order valence-electron chi connectivity index (χ4n) is 3.57. The molecule has 2 heterocycles. The zero-order valence-corrected chi connectivity index (χ0v) is 17.2. The van der Waals surface area contributed by atoms with Gasteiger partial charge in [-0.15, -0.1) is 0 Å². The second-order valence-electron chi connectivity index (χ2n) is 7.56. The predicted octanol–water partition coefficient (Wildman–Crippen LogP) is 4.97. The summed E-state index contributed by atoms with van der Waals surface area (Å²) in [5.74, 6) is 2.18. The number of hydrogen-bond donors (Lipinski definition) is 2. The number of nitrogens with one attached hydrogen (secondary N) is 2. The molecule has 1 saturated heterocycles. The maximum absolute atomic E-state index is 13.5. The smallest absolute Gasteiger partial charge is 0.151 e. The lowest BCUT2D eigenvalue weighted by Crippen LogP contribution is -2.29. The molecule has 0 unspecified atom stereocenters. The van der Waals surface area contributed by atoms with Gasteiger partial charge in [-0.25, -0.2) is 4.39 Å². The molecule has 2 N–H and O–H groups in total. The molecule has 0 amide bonds. The van der Waals surface area contributed by atoms with Crippen molar-refractivity contribution in [1.82, 2.24) is 10.3 Å². The Morgan fingerprint density at radius 2 is 1.87 bits per heavy atom. The van der Waals surface area contributed by atoms with Gasteiger partial charge in [-0.3, -0.25) is 4.98 Å². The number of nitrogens with zero attached hydrogens (tertiary/aromatic N) is 1. The third-order valence-electron chi connectivity index (χ3n) is 5.18. The second kappa shape index (κ2) is 9.13. The van der Waals surface area contributed by atoms with Gasteiger partial charge >= 0.3 is 0 Å². The number of ether oxygens (including phenoxy) is 2. The largest absolute Gasteiger partial charge is 0.497 e. The lowest BCUT2D eigenvalue weighted by atomic mass is 10.1. The Morgan fingerprint density at radius 1 is 1.07 bits per heavy atom. The lowest BCUT2D eigenvalue weighted by molar-refractivity contribution is 0.356. The van der Waals surface area contributed by atoms with E-state index >= 15 is 0 Å². The molecular weight excluding hydrogens is 381 g/mol. The molecule has 1 aliphatic heterocycles. The van der Waals surface area contributed by atoms with Crippen molar-refractivity contribution in [2.45, 2.75) is 25.6 Å². The number of rotatable bonds is 7. The highest BCUT2D eigenvalue weighted by molar-refractivity contribution is 5.71. The maximum Gasteiger partial charge on any atom is 0.151 e. The molecule has 6 heteroatoms. The Hall–Kier alpha value is -3.12. The summed E-state index contributed by atoms with van der Waals surface area (Å²) in [6.45, 7) is 3.07. The first-order valence-corrected chi connectivity index (χ1v) is 10.1. The van der Waals surface area contributed by atoms with Crippen LogP contribution in [0.1, 0.15) is 12.0 Å². The van der Waals surface area contributed by atoms with Gasteiger partial charge in [0, 0.05) is 37.1 Å². The van der Waals surface area contributed by atoms with Crippen LogP contribution in [0.3, 0.4) is 0 Å². The number of methoxy groups -OCH3 is 1. The standard InChI is InChI=1S/C24H26FN3O2/c1-16-9-18(13-26-12-16)17-3-8-23(28-15-20-11-19(25)14-27-20)24(10-17)30-22-6-4-21(29-2)5-7-22/h3-10,12-13,19-20,27-28H,11,14-15H2,1-2H3/t19-,20+/m1/s1. The summed E-state index contributed by atoms with van der Waals surface area (Å²) in [5.41, 5.74) is 4.00. The van der Waals surface area contributed by atoms with E-state index in [1.165, 1.54) is 0 Å². The summed E-state index contributed by atoms with van der Waals surface area (Å²) in [6.07, 6.45) is 3.43. The SMILES string of the molecule is COc1ccc(Oc2cc(-c3cncc(C)c3)ccc2NC[C@@H]2C[C@@H](F)CN2)cc1. The van der Waals surface area contributed by atoms with Crippen molar-refractivity contribution < 1.29 is 13.9 Å². The Labute approximate surface area is 176 Å². The third kappa shape index (κ3) is 4.89. The van der Waals surface area contributed by atoms with Crippen LogP contribution in [0.15, 0.2) is 60.9 Å². The average Bonchev–Trinajstić information content (AvgIpc) is 3.18. The highest BCUT2D eigenvalue weighted by Crippen LogP contribution is 2.35. The number of benzene rings is 2. The minimum absolute atomic E-state index is 0.106. The molecule has 1 fully saturated rings. The number of aromatic nitrogens is 1. The first-order chi connectivity index (χ1) is 14.6. The van der Waals surface area contributed by atoms with Crippen LogP contribution < -0.4 is 20.1 Å². The highest BCUT2D eigenvalue weighted by Gasteiger charge is 2.23. The Morgan fingerprint density at radius 3 is 2.57 bits per heavy atom. The van der Waals surface area contributed by atoms with Gasteiger partial charge < -0.3 is 20.1 Å². The number of anilines is 1. The number of pyridine rings is 1. The van der Waals surface area contributed by atoms with Crippen LogP contribution in [-0.4, -0.2) is 37.4 Å². The third-order valence-corrected chi connectivity index (χ3v) is 5.18. The summed E-state index contributed by atoms with van der Waals surface area (Å²) < 4.78 is 24.9. The highest BCUT2D eigenvalue weighted by atomic mass is 19.1. The van der Waals surface area contributed by atoms with Gasteiger partial charge in [-0.2, -0.15) is 0 Å². The van der Waals surface area contributed by atoms with Crippen molar-refractivity contribution in [3.05, 3.63) is 66.5 Å². The zero-order valence-electron chi connectivity index (χ0n) is 17.2. The van der Waals surface area contributed by atoms with E-state index in [2.05, 4.69) is 21.7 Å². The number of halogens is 1. The molecule has 0 bridgehead atoms. The molecule has 30 heavy (non-hydrogen) atoms.